The fraction of sp³-hybridized carbons (Fsp3) is 0.375. The van der Waals surface area contributed by atoms with Gasteiger partial charge in [-0.1, -0.05) is 18.2 Å². The number of methoxy groups -OCH3 is 1. The lowest BCUT2D eigenvalue weighted by Gasteiger charge is -2.25. The van der Waals surface area contributed by atoms with Gasteiger partial charge in [0.25, 0.3) is 0 Å². The predicted molar refractivity (Wildman–Crippen MR) is 80.7 cm³/mol. The third-order valence-electron chi connectivity index (χ3n) is 3.85. The second-order valence-corrected chi connectivity index (χ2v) is 5.53. The van der Waals surface area contributed by atoms with Crippen LogP contribution in [0.5, 0.6) is 5.75 Å². The SMILES string of the molecule is COc1ccccc1[C@H]1CC(=O)Nc2c1cnn2C(C)C. The van der Waals surface area contributed by atoms with E-state index in [4.69, 9.17) is 4.74 Å². The average molecular weight is 285 g/mol. The number of hydrogen-bond acceptors (Lipinski definition) is 3. The summed E-state index contributed by atoms with van der Waals surface area (Å²) < 4.78 is 7.30. The first-order valence-electron chi connectivity index (χ1n) is 7.12. The molecule has 0 fully saturated rings. The summed E-state index contributed by atoms with van der Waals surface area (Å²) in [6, 6.07) is 8.04. The molecule has 0 saturated heterocycles. The van der Waals surface area contributed by atoms with Crippen LogP contribution in [0.25, 0.3) is 0 Å². The molecule has 0 radical (unpaired) electrons. The largest absolute Gasteiger partial charge is 0.496 e. The highest BCUT2D eigenvalue weighted by atomic mass is 16.5. The van der Waals surface area contributed by atoms with Crippen molar-refractivity contribution in [2.75, 3.05) is 12.4 Å². The first-order valence-corrected chi connectivity index (χ1v) is 7.12. The zero-order valence-electron chi connectivity index (χ0n) is 12.5. The Kier molecular flexibility index (Phi) is 3.41. The molecule has 1 atom stereocenters. The monoisotopic (exact) mass is 285 g/mol. The summed E-state index contributed by atoms with van der Waals surface area (Å²) in [5, 5.41) is 7.37. The van der Waals surface area contributed by atoms with Crippen molar-refractivity contribution >= 4 is 11.7 Å². The summed E-state index contributed by atoms with van der Waals surface area (Å²) in [7, 11) is 1.65. The molecular weight excluding hydrogens is 266 g/mol. The summed E-state index contributed by atoms with van der Waals surface area (Å²) in [5.41, 5.74) is 2.08. The highest BCUT2D eigenvalue weighted by molar-refractivity contribution is 5.94. The molecule has 1 N–H and O–H groups in total. The number of anilines is 1. The number of ether oxygens (including phenoxy) is 1. The van der Waals surface area contributed by atoms with Crippen LogP contribution < -0.4 is 10.1 Å². The van der Waals surface area contributed by atoms with Crippen molar-refractivity contribution in [3.63, 3.8) is 0 Å². The molecular formula is C16H19N3O2. The van der Waals surface area contributed by atoms with E-state index in [1.807, 2.05) is 49.0 Å². The van der Waals surface area contributed by atoms with Crippen molar-refractivity contribution in [3.05, 3.63) is 41.6 Å². The van der Waals surface area contributed by atoms with Gasteiger partial charge in [-0.25, -0.2) is 4.68 Å². The minimum absolute atomic E-state index is 0.0146. The summed E-state index contributed by atoms with van der Waals surface area (Å²) in [5.74, 6) is 1.61. The Morgan fingerprint density at radius 1 is 1.33 bits per heavy atom. The van der Waals surface area contributed by atoms with Gasteiger partial charge in [-0.05, 0) is 19.9 Å². The van der Waals surface area contributed by atoms with E-state index in [0.717, 1.165) is 22.7 Å². The molecule has 5 heteroatoms. The predicted octanol–water partition coefficient (Wildman–Crippen LogP) is 2.95. The van der Waals surface area contributed by atoms with Gasteiger partial charge in [-0.15, -0.1) is 0 Å². The minimum Gasteiger partial charge on any atom is -0.496 e. The summed E-state index contributed by atoms with van der Waals surface area (Å²) in [4.78, 5) is 12.1. The fourth-order valence-electron chi connectivity index (χ4n) is 2.86. The van der Waals surface area contributed by atoms with Crippen molar-refractivity contribution in [2.45, 2.75) is 32.2 Å². The van der Waals surface area contributed by atoms with E-state index in [9.17, 15) is 4.79 Å². The van der Waals surface area contributed by atoms with E-state index >= 15 is 0 Å². The molecule has 21 heavy (non-hydrogen) atoms. The second kappa shape index (κ2) is 5.24. The molecule has 110 valence electrons. The van der Waals surface area contributed by atoms with Gasteiger partial charge in [-0.2, -0.15) is 5.10 Å². The first-order chi connectivity index (χ1) is 10.1. The van der Waals surface area contributed by atoms with E-state index in [2.05, 4.69) is 10.4 Å². The maximum atomic E-state index is 12.1. The number of benzene rings is 1. The molecule has 0 unspecified atom stereocenters. The van der Waals surface area contributed by atoms with Gasteiger partial charge in [0.2, 0.25) is 5.91 Å². The van der Waals surface area contributed by atoms with Gasteiger partial charge >= 0.3 is 0 Å². The van der Waals surface area contributed by atoms with Gasteiger partial charge in [0, 0.05) is 29.5 Å². The molecule has 3 rings (SSSR count). The van der Waals surface area contributed by atoms with Gasteiger partial charge in [0.15, 0.2) is 0 Å². The molecule has 1 aromatic heterocycles. The topological polar surface area (TPSA) is 56.1 Å². The molecule has 1 amide bonds. The third-order valence-corrected chi connectivity index (χ3v) is 3.85. The van der Waals surface area contributed by atoms with Crippen molar-refractivity contribution in [3.8, 4) is 5.75 Å². The van der Waals surface area contributed by atoms with Crippen molar-refractivity contribution in [2.24, 2.45) is 0 Å². The highest BCUT2D eigenvalue weighted by Gasteiger charge is 2.31. The van der Waals surface area contributed by atoms with E-state index < -0.39 is 0 Å². The molecule has 0 saturated carbocycles. The lowest BCUT2D eigenvalue weighted by molar-refractivity contribution is -0.116. The number of fused-ring (bicyclic) bond motifs is 1. The van der Waals surface area contributed by atoms with Crippen LogP contribution in [0, 0.1) is 0 Å². The molecule has 0 spiro atoms. The van der Waals surface area contributed by atoms with E-state index in [-0.39, 0.29) is 17.9 Å². The number of hydrogen-bond donors (Lipinski definition) is 1. The van der Waals surface area contributed by atoms with Crippen LogP contribution in [-0.2, 0) is 4.79 Å². The zero-order chi connectivity index (χ0) is 15.0. The zero-order valence-corrected chi connectivity index (χ0v) is 12.5. The summed E-state index contributed by atoms with van der Waals surface area (Å²) in [6.45, 7) is 4.10. The molecule has 5 nitrogen and oxygen atoms in total. The van der Waals surface area contributed by atoms with Gasteiger partial charge in [-0.3, -0.25) is 4.79 Å². The lowest BCUT2D eigenvalue weighted by Crippen LogP contribution is -2.25. The van der Waals surface area contributed by atoms with Crippen LogP contribution >= 0.6 is 0 Å². The number of carbonyl (C=O) groups excluding carboxylic acids is 1. The average Bonchev–Trinajstić information content (AvgIpc) is 2.90. The number of aromatic nitrogens is 2. The minimum atomic E-state index is -0.0163. The number of rotatable bonds is 3. The standard InChI is InChI=1S/C16H19N3O2/c1-10(2)19-16-13(9-17-19)12(8-15(20)18-16)11-6-4-5-7-14(11)21-3/h4-7,9-10,12H,8H2,1-3H3,(H,18,20)/t12-/m1/s1. The lowest BCUT2D eigenvalue weighted by atomic mass is 9.87. The van der Waals surface area contributed by atoms with Gasteiger partial charge in [0.05, 0.1) is 13.3 Å². The molecule has 1 aliphatic heterocycles. The van der Waals surface area contributed by atoms with Crippen LogP contribution in [0.15, 0.2) is 30.5 Å². The van der Waals surface area contributed by atoms with Crippen LogP contribution in [0.1, 0.15) is 43.4 Å². The highest BCUT2D eigenvalue weighted by Crippen LogP contribution is 2.41. The van der Waals surface area contributed by atoms with E-state index in [1.54, 1.807) is 7.11 Å². The Balaban J connectivity index is 2.12. The molecule has 1 aromatic carbocycles. The Bertz CT molecular complexity index is 676. The number of para-hydroxylation sites is 1. The Labute approximate surface area is 123 Å². The number of amides is 1. The number of nitrogens with zero attached hydrogens (tertiary/aromatic N) is 2. The first kappa shape index (κ1) is 13.7. The second-order valence-electron chi connectivity index (χ2n) is 5.53. The van der Waals surface area contributed by atoms with Crippen LogP contribution in [0.3, 0.4) is 0 Å². The molecule has 1 aliphatic rings. The maximum Gasteiger partial charge on any atom is 0.226 e. The molecule has 2 heterocycles. The van der Waals surface area contributed by atoms with E-state index in [0.29, 0.717) is 6.42 Å². The number of nitrogens with one attached hydrogen (secondary N) is 1. The summed E-state index contributed by atoms with van der Waals surface area (Å²) >= 11 is 0. The number of carbonyl (C=O) groups is 1. The van der Waals surface area contributed by atoms with Gasteiger partial charge in [0.1, 0.15) is 11.6 Å². The Hall–Kier alpha value is -2.30. The molecule has 0 bridgehead atoms. The smallest absolute Gasteiger partial charge is 0.226 e. The van der Waals surface area contributed by atoms with Crippen LogP contribution in [0.2, 0.25) is 0 Å². The van der Waals surface area contributed by atoms with Gasteiger partial charge < -0.3 is 10.1 Å². The maximum absolute atomic E-state index is 12.1. The van der Waals surface area contributed by atoms with Crippen molar-refractivity contribution < 1.29 is 9.53 Å². The normalized spacial score (nSPS) is 17.5. The van der Waals surface area contributed by atoms with Crippen molar-refractivity contribution in [1.29, 1.82) is 0 Å². The Morgan fingerprint density at radius 3 is 2.81 bits per heavy atom. The Morgan fingerprint density at radius 2 is 2.10 bits per heavy atom. The summed E-state index contributed by atoms with van der Waals surface area (Å²) in [6.07, 6.45) is 2.27. The van der Waals surface area contributed by atoms with E-state index in [1.165, 1.54) is 0 Å². The van der Waals surface area contributed by atoms with Crippen LogP contribution in [0.4, 0.5) is 5.82 Å². The quantitative estimate of drug-likeness (QED) is 0.943. The third kappa shape index (κ3) is 2.28. The molecule has 0 aliphatic carbocycles. The van der Waals surface area contributed by atoms with Crippen LogP contribution in [-0.4, -0.2) is 22.8 Å². The fourth-order valence-corrected chi connectivity index (χ4v) is 2.86. The molecule has 2 aromatic rings. The van der Waals surface area contributed by atoms with Crippen molar-refractivity contribution in [1.82, 2.24) is 9.78 Å².